The molecule has 2 amide bonds. The summed E-state index contributed by atoms with van der Waals surface area (Å²) in [5.74, 6) is 0.224. The van der Waals surface area contributed by atoms with E-state index in [0.29, 0.717) is 35.3 Å². The monoisotopic (exact) mass is 454 g/mol. The quantitative estimate of drug-likeness (QED) is 0.429. The first kappa shape index (κ1) is 22.9. The Balaban J connectivity index is 1.44. The zero-order chi connectivity index (χ0) is 24.1. The predicted octanol–water partition coefficient (Wildman–Crippen LogP) is 4.48. The first-order chi connectivity index (χ1) is 16.4. The summed E-state index contributed by atoms with van der Waals surface area (Å²) in [6, 6.07) is 19.9. The number of amides is 2. The maximum Gasteiger partial charge on any atom is 0.255 e. The van der Waals surface area contributed by atoms with Crippen LogP contribution in [0.1, 0.15) is 37.7 Å². The summed E-state index contributed by atoms with van der Waals surface area (Å²) in [6.45, 7) is 4.26. The van der Waals surface area contributed by atoms with Gasteiger partial charge in [0, 0.05) is 12.1 Å². The Hall–Kier alpha value is -4.26. The number of benzene rings is 3. The first-order valence-electron chi connectivity index (χ1n) is 11.0. The Morgan fingerprint density at radius 2 is 1.56 bits per heavy atom. The molecule has 0 unspecified atom stereocenters. The fourth-order valence-corrected chi connectivity index (χ4v) is 3.56. The summed E-state index contributed by atoms with van der Waals surface area (Å²) >= 11 is 0. The van der Waals surface area contributed by atoms with E-state index in [9.17, 15) is 9.59 Å². The van der Waals surface area contributed by atoms with Crippen LogP contribution in [0, 0.1) is 13.8 Å². The highest BCUT2D eigenvalue weighted by Crippen LogP contribution is 2.19. The van der Waals surface area contributed by atoms with Crippen LogP contribution in [0.15, 0.2) is 66.7 Å². The Bertz CT molecular complexity index is 1350. The van der Waals surface area contributed by atoms with E-state index in [2.05, 4.69) is 20.6 Å². The van der Waals surface area contributed by atoms with Gasteiger partial charge in [-0.05, 0) is 68.3 Å². The zero-order valence-corrected chi connectivity index (χ0v) is 19.4. The lowest BCUT2D eigenvalue weighted by atomic mass is 10.1. The number of nitrogens with one attached hydrogen (secondary N) is 2. The van der Waals surface area contributed by atoms with Crippen molar-refractivity contribution in [3.05, 3.63) is 94.8 Å². The van der Waals surface area contributed by atoms with Crippen molar-refractivity contribution >= 4 is 28.5 Å². The third-order valence-electron chi connectivity index (χ3n) is 5.62. The first-order valence-corrected chi connectivity index (χ1v) is 11.0. The number of carbonyl (C=O) groups excluding carboxylic acids is 2. The third-order valence-corrected chi connectivity index (χ3v) is 5.62. The van der Waals surface area contributed by atoms with Gasteiger partial charge in [0.1, 0.15) is 5.75 Å². The number of para-hydroxylation sites is 1. The van der Waals surface area contributed by atoms with Gasteiger partial charge in [0.25, 0.3) is 11.8 Å². The number of aryl methyl sites for hydroxylation is 2. The van der Waals surface area contributed by atoms with Crippen molar-refractivity contribution in [1.82, 2.24) is 15.3 Å². The van der Waals surface area contributed by atoms with E-state index in [-0.39, 0.29) is 11.8 Å². The minimum atomic E-state index is -0.319. The highest BCUT2D eigenvalue weighted by molar-refractivity contribution is 6.09. The molecular weight excluding hydrogens is 428 g/mol. The van der Waals surface area contributed by atoms with Gasteiger partial charge in [-0.15, -0.1) is 0 Å². The summed E-state index contributed by atoms with van der Waals surface area (Å²) in [7, 11) is 1.63. The van der Waals surface area contributed by atoms with E-state index in [0.717, 1.165) is 28.2 Å². The molecule has 4 aromatic rings. The van der Waals surface area contributed by atoms with Crippen LogP contribution in [-0.2, 0) is 6.42 Å². The number of anilines is 1. The van der Waals surface area contributed by atoms with Gasteiger partial charge in [0.15, 0.2) is 0 Å². The Labute approximate surface area is 198 Å². The third kappa shape index (κ3) is 5.20. The number of methoxy groups -OCH3 is 1. The number of fused-ring (bicyclic) bond motifs is 1. The molecule has 0 atom stereocenters. The summed E-state index contributed by atoms with van der Waals surface area (Å²) in [5.41, 5.74) is 5.44. The lowest BCUT2D eigenvalue weighted by molar-refractivity contribution is 0.0955. The van der Waals surface area contributed by atoms with Crippen molar-refractivity contribution < 1.29 is 14.3 Å². The number of carbonyl (C=O) groups is 2. The Morgan fingerprint density at radius 1 is 0.853 bits per heavy atom. The van der Waals surface area contributed by atoms with Gasteiger partial charge in [-0.1, -0.05) is 24.3 Å². The maximum absolute atomic E-state index is 12.9. The molecule has 7 nitrogen and oxygen atoms in total. The van der Waals surface area contributed by atoms with Gasteiger partial charge in [0.2, 0.25) is 0 Å². The van der Waals surface area contributed by atoms with Crippen LogP contribution >= 0.6 is 0 Å². The molecule has 0 saturated heterocycles. The lowest BCUT2D eigenvalue weighted by Gasteiger charge is -2.12. The molecule has 0 saturated carbocycles. The van der Waals surface area contributed by atoms with E-state index in [1.54, 1.807) is 49.6 Å². The number of aromatic nitrogens is 2. The van der Waals surface area contributed by atoms with E-state index in [4.69, 9.17) is 4.74 Å². The smallest absolute Gasteiger partial charge is 0.255 e. The van der Waals surface area contributed by atoms with Crippen molar-refractivity contribution in [1.29, 1.82) is 0 Å². The van der Waals surface area contributed by atoms with E-state index < -0.39 is 0 Å². The molecule has 0 aliphatic carbocycles. The molecule has 0 fully saturated rings. The lowest BCUT2D eigenvalue weighted by Crippen LogP contribution is -2.27. The van der Waals surface area contributed by atoms with Gasteiger partial charge in [-0.3, -0.25) is 9.59 Å². The molecule has 0 aliphatic rings. The van der Waals surface area contributed by atoms with Crippen molar-refractivity contribution in [3.8, 4) is 5.75 Å². The number of ether oxygens (including phenoxy) is 1. The topological polar surface area (TPSA) is 93.2 Å². The van der Waals surface area contributed by atoms with Crippen LogP contribution in [0.4, 0.5) is 5.69 Å². The minimum Gasteiger partial charge on any atom is -0.497 e. The van der Waals surface area contributed by atoms with Gasteiger partial charge < -0.3 is 15.4 Å². The molecule has 0 bridgehead atoms. The second-order valence-electron chi connectivity index (χ2n) is 7.95. The largest absolute Gasteiger partial charge is 0.497 e. The summed E-state index contributed by atoms with van der Waals surface area (Å²) in [4.78, 5) is 34.8. The molecule has 0 spiro atoms. The summed E-state index contributed by atoms with van der Waals surface area (Å²) < 4.78 is 5.17. The summed E-state index contributed by atoms with van der Waals surface area (Å²) in [5, 5.41) is 5.78. The van der Waals surface area contributed by atoms with E-state index in [1.807, 2.05) is 38.1 Å². The Morgan fingerprint density at radius 3 is 2.29 bits per heavy atom. The maximum atomic E-state index is 12.9. The molecule has 172 valence electrons. The molecule has 7 heteroatoms. The van der Waals surface area contributed by atoms with Gasteiger partial charge in [-0.2, -0.15) is 0 Å². The van der Waals surface area contributed by atoms with Crippen LogP contribution in [-0.4, -0.2) is 35.4 Å². The zero-order valence-electron chi connectivity index (χ0n) is 19.4. The highest BCUT2D eigenvalue weighted by atomic mass is 16.5. The average Bonchev–Trinajstić information content (AvgIpc) is 2.85. The molecule has 0 aliphatic heterocycles. The van der Waals surface area contributed by atoms with Crippen LogP contribution in [0.25, 0.3) is 11.0 Å². The molecule has 3 aromatic carbocycles. The normalized spacial score (nSPS) is 10.7. The molecule has 1 aromatic heterocycles. The molecule has 1 heterocycles. The molecule has 34 heavy (non-hydrogen) atoms. The van der Waals surface area contributed by atoms with E-state index >= 15 is 0 Å². The van der Waals surface area contributed by atoms with Crippen molar-refractivity contribution in [2.75, 3.05) is 19.0 Å². The molecule has 0 radical (unpaired) electrons. The Kier molecular flexibility index (Phi) is 6.82. The number of rotatable bonds is 7. The van der Waals surface area contributed by atoms with Crippen LogP contribution in [0.5, 0.6) is 5.75 Å². The number of hydrogen-bond donors (Lipinski definition) is 2. The fraction of sp³-hybridized carbons (Fsp3) is 0.185. The van der Waals surface area contributed by atoms with Gasteiger partial charge in [-0.25, -0.2) is 9.97 Å². The average molecular weight is 455 g/mol. The number of hydrogen-bond acceptors (Lipinski definition) is 5. The van der Waals surface area contributed by atoms with Gasteiger partial charge >= 0.3 is 0 Å². The van der Waals surface area contributed by atoms with E-state index in [1.165, 1.54) is 0 Å². The van der Waals surface area contributed by atoms with Crippen LogP contribution < -0.4 is 15.4 Å². The predicted molar refractivity (Wildman–Crippen MR) is 132 cm³/mol. The minimum absolute atomic E-state index is 0.250. The van der Waals surface area contributed by atoms with Crippen molar-refractivity contribution in [2.45, 2.75) is 20.3 Å². The van der Waals surface area contributed by atoms with Crippen LogP contribution in [0.3, 0.4) is 0 Å². The van der Waals surface area contributed by atoms with Crippen LogP contribution in [0.2, 0.25) is 0 Å². The highest BCUT2D eigenvalue weighted by Gasteiger charge is 2.15. The van der Waals surface area contributed by atoms with Crippen molar-refractivity contribution in [3.63, 3.8) is 0 Å². The standard InChI is InChI=1S/C27H26N4O3/c1-17-18(2)30-25-16-20(10-13-24(25)29-17)26(32)31-23-7-5-4-6-22(23)27(33)28-15-14-19-8-11-21(34-3)12-9-19/h4-13,16H,14-15H2,1-3H3,(H,28,33)(H,31,32). The second kappa shape index (κ2) is 10.1. The fourth-order valence-electron chi connectivity index (χ4n) is 3.56. The van der Waals surface area contributed by atoms with Gasteiger partial charge in [0.05, 0.1) is 40.8 Å². The summed E-state index contributed by atoms with van der Waals surface area (Å²) in [6.07, 6.45) is 0.682. The molecular formula is C27H26N4O3. The second-order valence-corrected chi connectivity index (χ2v) is 7.95. The van der Waals surface area contributed by atoms with Crippen molar-refractivity contribution in [2.24, 2.45) is 0 Å². The molecule has 2 N–H and O–H groups in total. The number of nitrogens with zero attached hydrogens (tertiary/aromatic N) is 2. The SMILES string of the molecule is COc1ccc(CCNC(=O)c2ccccc2NC(=O)c2ccc3nc(C)c(C)nc3c2)cc1. The molecule has 4 rings (SSSR count).